The Morgan fingerprint density at radius 1 is 1.45 bits per heavy atom. The van der Waals surface area contributed by atoms with Crippen LogP contribution in [-0.2, 0) is 0 Å². The maximum absolute atomic E-state index is 11.1. The number of anilines is 2. The average Bonchev–Trinajstić information content (AvgIpc) is 2.43. The topological polar surface area (TPSA) is 97.3 Å². The third-order valence-electron chi connectivity index (χ3n) is 3.86. The number of nitrogens with two attached hydrogens (primary N) is 2. The molecule has 1 aliphatic heterocycles. The smallest absolute Gasteiger partial charge is 0.267 e. The Labute approximate surface area is 119 Å². The van der Waals surface area contributed by atoms with Gasteiger partial charge in [0.15, 0.2) is 0 Å². The highest BCUT2D eigenvalue weighted by atomic mass is 16.1. The summed E-state index contributed by atoms with van der Waals surface area (Å²) >= 11 is 0. The third kappa shape index (κ3) is 3.84. The van der Waals surface area contributed by atoms with Crippen molar-refractivity contribution in [2.75, 3.05) is 37.7 Å². The number of carbonyl (C=O) groups excluding carboxylic acids is 1. The van der Waals surface area contributed by atoms with Crippen LogP contribution in [0.15, 0.2) is 12.1 Å². The molecule has 6 heteroatoms. The van der Waals surface area contributed by atoms with Crippen LogP contribution in [0.2, 0.25) is 0 Å². The molecule has 1 aliphatic rings. The van der Waals surface area contributed by atoms with Crippen LogP contribution >= 0.6 is 0 Å². The van der Waals surface area contributed by atoms with E-state index in [0.29, 0.717) is 11.5 Å². The molecule has 0 aromatic carbocycles. The molecule has 1 amide bonds. The van der Waals surface area contributed by atoms with Crippen molar-refractivity contribution in [1.82, 2.24) is 9.88 Å². The molecule has 0 radical (unpaired) electrons. The van der Waals surface area contributed by atoms with Gasteiger partial charge in [0, 0.05) is 6.54 Å². The molecular formula is C14H23N5O. The number of hydrogen-bond acceptors (Lipinski definition) is 5. The quantitative estimate of drug-likeness (QED) is 0.743. The summed E-state index contributed by atoms with van der Waals surface area (Å²) < 4.78 is 0. The van der Waals surface area contributed by atoms with Gasteiger partial charge in [-0.3, -0.25) is 4.79 Å². The fraction of sp³-hybridized carbons (Fsp3) is 0.571. The van der Waals surface area contributed by atoms with Crippen LogP contribution in [0, 0.1) is 5.92 Å². The molecule has 0 spiro atoms. The molecule has 1 saturated heterocycles. The second kappa shape index (κ2) is 6.56. The Kier molecular flexibility index (Phi) is 4.79. The van der Waals surface area contributed by atoms with Gasteiger partial charge in [0.05, 0.1) is 5.69 Å². The molecule has 0 unspecified atom stereocenters. The lowest BCUT2D eigenvalue weighted by Crippen LogP contribution is -2.31. The molecule has 0 saturated carbocycles. The fourth-order valence-corrected chi connectivity index (χ4v) is 2.49. The minimum absolute atomic E-state index is 0.237. The summed E-state index contributed by atoms with van der Waals surface area (Å²) in [5.41, 5.74) is 11.8. The van der Waals surface area contributed by atoms with E-state index >= 15 is 0 Å². The van der Waals surface area contributed by atoms with Crippen molar-refractivity contribution in [3.8, 4) is 0 Å². The predicted octanol–water partition coefficient (Wildman–Crippen LogP) is 0.906. The number of aromatic nitrogens is 1. The van der Waals surface area contributed by atoms with Gasteiger partial charge in [-0.1, -0.05) is 0 Å². The van der Waals surface area contributed by atoms with Crippen molar-refractivity contribution in [1.29, 1.82) is 0 Å². The average molecular weight is 277 g/mol. The van der Waals surface area contributed by atoms with E-state index < -0.39 is 5.91 Å². The second-order valence-electron chi connectivity index (χ2n) is 5.46. The van der Waals surface area contributed by atoms with Crippen molar-refractivity contribution in [3.63, 3.8) is 0 Å². The maximum Gasteiger partial charge on any atom is 0.267 e. The lowest BCUT2D eigenvalue weighted by atomic mass is 9.94. The summed E-state index contributed by atoms with van der Waals surface area (Å²) in [5, 5.41) is 3.21. The fourth-order valence-electron chi connectivity index (χ4n) is 2.49. The highest BCUT2D eigenvalue weighted by Gasteiger charge is 2.16. The zero-order valence-corrected chi connectivity index (χ0v) is 11.9. The molecule has 0 atom stereocenters. The number of piperidine rings is 1. The Morgan fingerprint density at radius 3 is 2.80 bits per heavy atom. The summed E-state index contributed by atoms with van der Waals surface area (Å²) in [4.78, 5) is 17.6. The number of amides is 1. The van der Waals surface area contributed by atoms with Gasteiger partial charge in [-0.05, 0) is 57.5 Å². The zero-order valence-electron chi connectivity index (χ0n) is 11.9. The van der Waals surface area contributed by atoms with Gasteiger partial charge in [0.1, 0.15) is 11.5 Å². The molecule has 2 rings (SSSR count). The van der Waals surface area contributed by atoms with Crippen LogP contribution < -0.4 is 16.8 Å². The first-order chi connectivity index (χ1) is 9.56. The van der Waals surface area contributed by atoms with Gasteiger partial charge < -0.3 is 21.7 Å². The van der Waals surface area contributed by atoms with Gasteiger partial charge >= 0.3 is 0 Å². The van der Waals surface area contributed by atoms with E-state index in [2.05, 4.69) is 22.2 Å². The monoisotopic (exact) mass is 277 g/mol. The zero-order chi connectivity index (χ0) is 14.5. The molecule has 20 heavy (non-hydrogen) atoms. The number of likely N-dealkylation sites (tertiary alicyclic amines) is 1. The van der Waals surface area contributed by atoms with Crippen LogP contribution in [0.5, 0.6) is 0 Å². The molecular weight excluding hydrogens is 254 g/mol. The number of nitrogen functional groups attached to an aromatic ring is 1. The van der Waals surface area contributed by atoms with Gasteiger partial charge in [0.2, 0.25) is 0 Å². The molecule has 6 nitrogen and oxygen atoms in total. The van der Waals surface area contributed by atoms with Crippen LogP contribution in [0.3, 0.4) is 0 Å². The second-order valence-corrected chi connectivity index (χ2v) is 5.46. The van der Waals surface area contributed by atoms with Gasteiger partial charge in [0.25, 0.3) is 5.91 Å². The SMILES string of the molecule is CN1CCC(CCNc2nc(C(N)=O)ccc2N)CC1. The Morgan fingerprint density at radius 2 is 2.15 bits per heavy atom. The number of hydrogen-bond donors (Lipinski definition) is 3. The van der Waals surface area contributed by atoms with E-state index in [-0.39, 0.29) is 5.69 Å². The lowest BCUT2D eigenvalue weighted by molar-refractivity contribution is 0.0996. The van der Waals surface area contributed by atoms with E-state index in [1.807, 2.05) is 0 Å². The van der Waals surface area contributed by atoms with E-state index in [4.69, 9.17) is 11.5 Å². The van der Waals surface area contributed by atoms with E-state index in [1.54, 1.807) is 12.1 Å². The Hall–Kier alpha value is -1.82. The Balaban J connectivity index is 1.84. The van der Waals surface area contributed by atoms with Crippen molar-refractivity contribution in [3.05, 3.63) is 17.8 Å². The van der Waals surface area contributed by atoms with E-state index in [9.17, 15) is 4.79 Å². The largest absolute Gasteiger partial charge is 0.396 e. The summed E-state index contributed by atoms with van der Waals surface area (Å²) in [6.45, 7) is 3.15. The number of nitrogens with one attached hydrogen (secondary N) is 1. The third-order valence-corrected chi connectivity index (χ3v) is 3.86. The van der Waals surface area contributed by atoms with Crippen LogP contribution in [-0.4, -0.2) is 42.5 Å². The first-order valence-electron chi connectivity index (χ1n) is 7.05. The highest BCUT2D eigenvalue weighted by Crippen LogP contribution is 2.20. The lowest BCUT2D eigenvalue weighted by Gasteiger charge is -2.28. The van der Waals surface area contributed by atoms with Gasteiger partial charge in [-0.25, -0.2) is 4.98 Å². The standard InChI is InChI=1S/C14H23N5O/c1-19-8-5-10(6-9-19)4-7-17-14-11(15)2-3-12(18-14)13(16)20/h2-3,10H,4-9,15H2,1H3,(H2,16,20)(H,17,18). The van der Waals surface area contributed by atoms with Crippen molar-refractivity contribution >= 4 is 17.4 Å². The molecule has 0 bridgehead atoms. The minimum atomic E-state index is -0.539. The number of primary amides is 1. The summed E-state index contributed by atoms with van der Waals surface area (Å²) in [7, 11) is 2.16. The highest BCUT2D eigenvalue weighted by molar-refractivity contribution is 5.91. The molecule has 5 N–H and O–H groups in total. The van der Waals surface area contributed by atoms with E-state index in [1.165, 1.54) is 25.9 Å². The number of pyridine rings is 1. The molecule has 1 fully saturated rings. The first-order valence-corrected chi connectivity index (χ1v) is 7.05. The molecule has 1 aromatic heterocycles. The normalized spacial score (nSPS) is 17.1. The summed E-state index contributed by atoms with van der Waals surface area (Å²) in [5.74, 6) is 0.761. The Bertz CT molecular complexity index is 469. The van der Waals surface area contributed by atoms with Gasteiger partial charge in [-0.2, -0.15) is 0 Å². The number of rotatable bonds is 5. The first kappa shape index (κ1) is 14.6. The van der Waals surface area contributed by atoms with Gasteiger partial charge in [-0.15, -0.1) is 0 Å². The predicted molar refractivity (Wildman–Crippen MR) is 80.5 cm³/mol. The molecule has 110 valence electrons. The van der Waals surface area contributed by atoms with Crippen LogP contribution in [0.1, 0.15) is 29.8 Å². The van der Waals surface area contributed by atoms with Crippen LogP contribution in [0.25, 0.3) is 0 Å². The summed E-state index contributed by atoms with van der Waals surface area (Å²) in [6, 6.07) is 3.20. The minimum Gasteiger partial charge on any atom is -0.396 e. The maximum atomic E-state index is 11.1. The van der Waals surface area contributed by atoms with Crippen molar-refractivity contribution in [2.45, 2.75) is 19.3 Å². The molecule has 0 aliphatic carbocycles. The summed E-state index contributed by atoms with van der Waals surface area (Å²) in [6.07, 6.45) is 3.57. The molecule has 2 heterocycles. The molecule has 1 aromatic rings. The number of carbonyl (C=O) groups is 1. The van der Waals surface area contributed by atoms with E-state index in [0.717, 1.165) is 18.9 Å². The van der Waals surface area contributed by atoms with Crippen LogP contribution in [0.4, 0.5) is 11.5 Å². The van der Waals surface area contributed by atoms with Crippen molar-refractivity contribution < 1.29 is 4.79 Å². The van der Waals surface area contributed by atoms with Crippen molar-refractivity contribution in [2.24, 2.45) is 11.7 Å². The number of nitrogens with zero attached hydrogens (tertiary/aromatic N) is 2.